The first-order valence-electron chi connectivity index (χ1n) is 6.52. The highest BCUT2D eigenvalue weighted by Gasteiger charge is 2.24. The molecule has 0 aromatic heterocycles. The number of hydrogen-bond donors (Lipinski definition) is 1. The fourth-order valence-corrected chi connectivity index (χ4v) is 2.00. The lowest BCUT2D eigenvalue weighted by molar-refractivity contribution is -0.144. The molecule has 0 spiro atoms. The minimum atomic E-state index is -0.319. The summed E-state index contributed by atoms with van der Waals surface area (Å²) in [7, 11) is 1.39. The smallest absolute Gasteiger partial charge is 0.323 e. The molecule has 0 aliphatic heterocycles. The number of esters is 1. The maximum absolute atomic E-state index is 12.8. The molecule has 106 valence electrons. The minimum absolute atomic E-state index is 0.108. The topological polar surface area (TPSA) is 38.3 Å². The van der Waals surface area contributed by atoms with E-state index < -0.39 is 0 Å². The van der Waals surface area contributed by atoms with Crippen molar-refractivity contribution >= 4 is 5.97 Å². The average Bonchev–Trinajstić information content (AvgIpc) is 2.37. The van der Waals surface area contributed by atoms with E-state index in [0.717, 1.165) is 12.0 Å². The van der Waals surface area contributed by atoms with Crippen molar-refractivity contribution in [3.8, 4) is 0 Å². The normalized spacial score (nSPS) is 14.2. The van der Waals surface area contributed by atoms with Gasteiger partial charge in [0.1, 0.15) is 11.9 Å². The SMILES string of the molecule is COC(=O)[C@@H](NC(C)Cc1ccc(F)cc1)C(C)C. The first kappa shape index (κ1) is 15.6. The predicted molar refractivity (Wildman–Crippen MR) is 73.3 cm³/mol. The molecule has 0 fully saturated rings. The van der Waals surface area contributed by atoms with Crippen LogP contribution in [0, 0.1) is 11.7 Å². The van der Waals surface area contributed by atoms with E-state index in [1.807, 2.05) is 20.8 Å². The van der Waals surface area contributed by atoms with Crippen molar-refractivity contribution in [2.45, 2.75) is 39.3 Å². The standard InChI is InChI=1S/C15H22FNO2/c1-10(2)14(15(18)19-4)17-11(3)9-12-5-7-13(16)8-6-12/h5-8,10-11,14,17H,9H2,1-4H3/t11?,14-/m0/s1. The number of rotatable bonds is 6. The van der Waals surface area contributed by atoms with Gasteiger partial charge in [0, 0.05) is 6.04 Å². The Balaban J connectivity index is 2.59. The summed E-state index contributed by atoms with van der Waals surface area (Å²) in [6.45, 7) is 5.94. The summed E-state index contributed by atoms with van der Waals surface area (Å²) in [6, 6.07) is 6.20. The predicted octanol–water partition coefficient (Wildman–Crippen LogP) is 2.54. The van der Waals surface area contributed by atoms with Gasteiger partial charge in [-0.25, -0.2) is 4.39 Å². The second kappa shape index (κ2) is 7.24. The van der Waals surface area contributed by atoms with Gasteiger partial charge in [-0.2, -0.15) is 0 Å². The zero-order valence-electron chi connectivity index (χ0n) is 11.9. The number of methoxy groups -OCH3 is 1. The Hall–Kier alpha value is -1.42. The molecule has 0 bridgehead atoms. The van der Waals surface area contributed by atoms with Crippen LogP contribution in [0.2, 0.25) is 0 Å². The molecule has 0 saturated heterocycles. The summed E-state index contributed by atoms with van der Waals surface area (Å²) in [4.78, 5) is 11.7. The van der Waals surface area contributed by atoms with E-state index in [1.54, 1.807) is 12.1 Å². The zero-order valence-corrected chi connectivity index (χ0v) is 11.9. The molecular formula is C15H22FNO2. The monoisotopic (exact) mass is 267 g/mol. The molecule has 19 heavy (non-hydrogen) atoms. The molecule has 1 aromatic carbocycles. The highest BCUT2D eigenvalue weighted by atomic mass is 19.1. The number of ether oxygens (including phenoxy) is 1. The van der Waals surface area contributed by atoms with Crippen LogP contribution in [0.3, 0.4) is 0 Å². The quantitative estimate of drug-likeness (QED) is 0.805. The van der Waals surface area contributed by atoms with E-state index in [0.29, 0.717) is 0 Å². The van der Waals surface area contributed by atoms with Crippen LogP contribution >= 0.6 is 0 Å². The van der Waals surface area contributed by atoms with E-state index in [-0.39, 0.29) is 29.8 Å². The van der Waals surface area contributed by atoms with E-state index in [4.69, 9.17) is 4.74 Å². The molecule has 1 N–H and O–H groups in total. The molecule has 0 radical (unpaired) electrons. The second-order valence-corrected chi connectivity index (χ2v) is 5.14. The summed E-state index contributed by atoms with van der Waals surface area (Å²) in [6.07, 6.45) is 0.737. The summed E-state index contributed by atoms with van der Waals surface area (Å²) in [5, 5.41) is 3.26. The van der Waals surface area contributed by atoms with Gasteiger partial charge < -0.3 is 10.1 Å². The van der Waals surface area contributed by atoms with Gasteiger partial charge in [-0.1, -0.05) is 26.0 Å². The van der Waals surface area contributed by atoms with E-state index >= 15 is 0 Å². The first-order valence-corrected chi connectivity index (χ1v) is 6.52. The van der Waals surface area contributed by atoms with Crippen LogP contribution in [0.25, 0.3) is 0 Å². The number of halogens is 1. The lowest BCUT2D eigenvalue weighted by atomic mass is 10.0. The van der Waals surface area contributed by atoms with Crippen molar-refractivity contribution in [3.05, 3.63) is 35.6 Å². The van der Waals surface area contributed by atoms with Gasteiger partial charge in [0.15, 0.2) is 0 Å². The van der Waals surface area contributed by atoms with E-state index in [1.165, 1.54) is 19.2 Å². The molecule has 0 aliphatic rings. The molecule has 3 nitrogen and oxygen atoms in total. The van der Waals surface area contributed by atoms with Gasteiger partial charge in [-0.05, 0) is 37.0 Å². The maximum Gasteiger partial charge on any atom is 0.323 e. The lowest BCUT2D eigenvalue weighted by Gasteiger charge is -2.24. The fourth-order valence-electron chi connectivity index (χ4n) is 2.00. The van der Waals surface area contributed by atoms with Gasteiger partial charge in [-0.3, -0.25) is 4.79 Å². The maximum atomic E-state index is 12.8. The Morgan fingerprint density at radius 3 is 2.32 bits per heavy atom. The van der Waals surface area contributed by atoms with E-state index in [2.05, 4.69) is 5.32 Å². The zero-order chi connectivity index (χ0) is 14.4. The van der Waals surface area contributed by atoms with Crippen LogP contribution in [0.1, 0.15) is 26.3 Å². The van der Waals surface area contributed by atoms with Crippen molar-refractivity contribution in [2.24, 2.45) is 5.92 Å². The van der Waals surface area contributed by atoms with Crippen molar-refractivity contribution in [1.82, 2.24) is 5.32 Å². The van der Waals surface area contributed by atoms with Gasteiger partial charge in [0.2, 0.25) is 0 Å². The molecule has 0 amide bonds. The molecule has 0 saturated carbocycles. The van der Waals surface area contributed by atoms with Gasteiger partial charge >= 0.3 is 5.97 Å². The Morgan fingerprint density at radius 1 is 1.26 bits per heavy atom. The molecule has 1 aromatic rings. The van der Waals surface area contributed by atoms with Crippen LogP contribution in [-0.2, 0) is 16.0 Å². The molecular weight excluding hydrogens is 245 g/mol. The Kier molecular flexibility index (Phi) is 5.96. The largest absolute Gasteiger partial charge is 0.468 e. The van der Waals surface area contributed by atoms with Gasteiger partial charge in [0.05, 0.1) is 7.11 Å². The minimum Gasteiger partial charge on any atom is -0.468 e. The third-order valence-electron chi connectivity index (χ3n) is 3.04. The molecule has 1 rings (SSSR count). The highest BCUT2D eigenvalue weighted by molar-refractivity contribution is 5.75. The van der Waals surface area contributed by atoms with Crippen LogP contribution in [0.15, 0.2) is 24.3 Å². The van der Waals surface area contributed by atoms with Crippen LogP contribution in [-0.4, -0.2) is 25.2 Å². The van der Waals surface area contributed by atoms with Gasteiger partial charge in [0.25, 0.3) is 0 Å². The lowest BCUT2D eigenvalue weighted by Crippen LogP contribution is -2.46. The van der Waals surface area contributed by atoms with Crippen LogP contribution in [0.5, 0.6) is 0 Å². The van der Waals surface area contributed by atoms with Crippen molar-refractivity contribution in [1.29, 1.82) is 0 Å². The first-order chi connectivity index (χ1) is 8.93. The molecule has 4 heteroatoms. The fraction of sp³-hybridized carbons (Fsp3) is 0.533. The molecule has 0 aliphatic carbocycles. The number of carbonyl (C=O) groups excluding carboxylic acids is 1. The number of nitrogens with one attached hydrogen (secondary N) is 1. The van der Waals surface area contributed by atoms with Crippen molar-refractivity contribution in [3.63, 3.8) is 0 Å². The van der Waals surface area contributed by atoms with Gasteiger partial charge in [-0.15, -0.1) is 0 Å². The average molecular weight is 267 g/mol. The summed E-state index contributed by atoms with van der Waals surface area (Å²) in [5.74, 6) is -0.331. The number of carbonyl (C=O) groups is 1. The van der Waals surface area contributed by atoms with Crippen LogP contribution in [0.4, 0.5) is 4.39 Å². The molecule has 0 heterocycles. The molecule has 1 unspecified atom stereocenters. The summed E-state index contributed by atoms with van der Waals surface area (Å²) < 4.78 is 17.6. The van der Waals surface area contributed by atoms with Crippen molar-refractivity contribution < 1.29 is 13.9 Å². The molecule has 2 atom stereocenters. The Bertz CT molecular complexity index is 403. The van der Waals surface area contributed by atoms with E-state index in [9.17, 15) is 9.18 Å². The number of hydrogen-bond acceptors (Lipinski definition) is 3. The van der Waals surface area contributed by atoms with Crippen LogP contribution < -0.4 is 5.32 Å². The van der Waals surface area contributed by atoms with Crippen molar-refractivity contribution in [2.75, 3.05) is 7.11 Å². The third kappa shape index (κ3) is 4.99. The Labute approximate surface area is 114 Å². The second-order valence-electron chi connectivity index (χ2n) is 5.14. The number of benzene rings is 1. The summed E-state index contributed by atoms with van der Waals surface area (Å²) >= 11 is 0. The highest BCUT2D eigenvalue weighted by Crippen LogP contribution is 2.09. The summed E-state index contributed by atoms with van der Waals surface area (Å²) in [5.41, 5.74) is 1.04. The third-order valence-corrected chi connectivity index (χ3v) is 3.04. The Morgan fingerprint density at radius 2 is 1.84 bits per heavy atom.